The number of nitrogens with one attached hydrogen (secondary N) is 1. The molecule has 0 fully saturated rings. The van der Waals surface area contributed by atoms with Crippen LogP contribution < -0.4 is 10.2 Å². The van der Waals surface area contributed by atoms with Gasteiger partial charge in [-0.25, -0.2) is 0 Å². The van der Waals surface area contributed by atoms with E-state index in [1.807, 2.05) is 4.90 Å². The first-order valence-corrected chi connectivity index (χ1v) is 8.42. The fourth-order valence-electron chi connectivity index (χ4n) is 2.48. The summed E-state index contributed by atoms with van der Waals surface area (Å²) < 4.78 is 0. The lowest BCUT2D eigenvalue weighted by Gasteiger charge is -2.30. The summed E-state index contributed by atoms with van der Waals surface area (Å²) in [4.78, 5) is 17.3. The largest absolute Gasteiger partial charge is 0.353 e. The van der Waals surface area contributed by atoms with Crippen LogP contribution in [0.3, 0.4) is 0 Å². The van der Waals surface area contributed by atoms with Crippen molar-refractivity contribution in [3.63, 3.8) is 0 Å². The summed E-state index contributed by atoms with van der Waals surface area (Å²) in [5.74, 6) is 1.16. The van der Waals surface area contributed by atoms with Crippen LogP contribution in [0.5, 0.6) is 0 Å². The molecule has 1 heterocycles. The van der Waals surface area contributed by atoms with Gasteiger partial charge < -0.3 is 10.2 Å². The lowest BCUT2D eigenvalue weighted by atomic mass is 10.2. The summed E-state index contributed by atoms with van der Waals surface area (Å²) in [5.41, 5.74) is 0. The minimum Gasteiger partial charge on any atom is -0.353 e. The Bertz CT molecular complexity index is 440. The zero-order valence-corrected chi connectivity index (χ0v) is 15.4. The number of aromatic nitrogens is 3. The van der Waals surface area contributed by atoms with Crippen LogP contribution in [0.2, 0.25) is 5.28 Å². The molecule has 6 nitrogen and oxygen atoms in total. The lowest BCUT2D eigenvalue weighted by Crippen LogP contribution is -2.40. The molecule has 0 aliphatic carbocycles. The maximum Gasteiger partial charge on any atom is 0.231 e. The van der Waals surface area contributed by atoms with Crippen LogP contribution in [0.1, 0.15) is 41.5 Å². The van der Waals surface area contributed by atoms with E-state index in [0.717, 1.165) is 26.2 Å². The molecular weight excluding hydrogens is 300 g/mol. The van der Waals surface area contributed by atoms with Crippen molar-refractivity contribution in [2.45, 2.75) is 53.6 Å². The lowest BCUT2D eigenvalue weighted by molar-refractivity contribution is 0.182. The third-order valence-corrected chi connectivity index (χ3v) is 3.79. The van der Waals surface area contributed by atoms with Gasteiger partial charge in [-0.2, -0.15) is 15.0 Å². The average molecular weight is 329 g/mol. The minimum atomic E-state index is 0.226. The molecule has 0 saturated heterocycles. The van der Waals surface area contributed by atoms with Crippen molar-refractivity contribution in [2.75, 3.05) is 36.4 Å². The maximum absolute atomic E-state index is 6.01. The van der Waals surface area contributed by atoms with E-state index in [4.69, 9.17) is 11.6 Å². The van der Waals surface area contributed by atoms with Gasteiger partial charge in [-0.15, -0.1) is 0 Å². The Labute approximate surface area is 139 Å². The van der Waals surface area contributed by atoms with Crippen molar-refractivity contribution in [1.82, 2.24) is 19.9 Å². The molecule has 1 N–H and O–H groups in total. The maximum atomic E-state index is 6.01. The highest BCUT2D eigenvalue weighted by molar-refractivity contribution is 6.28. The monoisotopic (exact) mass is 328 g/mol. The Hall–Kier alpha value is -1.14. The van der Waals surface area contributed by atoms with Crippen molar-refractivity contribution in [2.24, 2.45) is 0 Å². The van der Waals surface area contributed by atoms with Gasteiger partial charge in [0.15, 0.2) is 0 Å². The zero-order chi connectivity index (χ0) is 16.7. The van der Waals surface area contributed by atoms with Gasteiger partial charge in [-0.3, -0.25) is 4.90 Å². The molecule has 0 unspecified atom stereocenters. The number of nitrogens with zero attached hydrogens (tertiary/aromatic N) is 5. The molecule has 22 heavy (non-hydrogen) atoms. The fourth-order valence-corrected chi connectivity index (χ4v) is 2.63. The van der Waals surface area contributed by atoms with Crippen molar-refractivity contribution in [1.29, 1.82) is 0 Å². The molecule has 0 saturated carbocycles. The second-order valence-electron chi connectivity index (χ2n) is 5.75. The second kappa shape index (κ2) is 9.10. The van der Waals surface area contributed by atoms with Crippen LogP contribution in [-0.2, 0) is 0 Å². The Morgan fingerprint density at radius 1 is 1.00 bits per heavy atom. The highest BCUT2D eigenvalue weighted by atomic mass is 35.5. The van der Waals surface area contributed by atoms with Gasteiger partial charge in [0.1, 0.15) is 0 Å². The molecule has 126 valence electrons. The Balaban J connectivity index is 2.70. The summed E-state index contributed by atoms with van der Waals surface area (Å²) in [6, 6.07) is 1.02. The quantitative estimate of drug-likeness (QED) is 0.752. The molecule has 0 bridgehead atoms. The van der Waals surface area contributed by atoms with E-state index in [1.54, 1.807) is 0 Å². The van der Waals surface area contributed by atoms with Crippen LogP contribution in [0, 0.1) is 0 Å². The van der Waals surface area contributed by atoms with Crippen molar-refractivity contribution in [3.05, 3.63) is 5.28 Å². The predicted octanol–water partition coefficient (Wildman–Crippen LogP) is 2.90. The number of rotatable bonds is 9. The molecular formula is C15H29ClN6. The van der Waals surface area contributed by atoms with E-state index in [1.165, 1.54) is 0 Å². The molecule has 0 aromatic carbocycles. The van der Waals surface area contributed by atoms with Gasteiger partial charge >= 0.3 is 0 Å². The average Bonchev–Trinajstić information content (AvgIpc) is 2.43. The van der Waals surface area contributed by atoms with E-state index in [2.05, 4.69) is 66.7 Å². The van der Waals surface area contributed by atoms with E-state index < -0.39 is 0 Å². The van der Waals surface area contributed by atoms with Crippen LogP contribution in [0.15, 0.2) is 0 Å². The van der Waals surface area contributed by atoms with Crippen LogP contribution in [-0.4, -0.2) is 58.1 Å². The molecule has 0 aliphatic rings. The van der Waals surface area contributed by atoms with E-state index in [9.17, 15) is 0 Å². The first kappa shape index (κ1) is 18.9. The zero-order valence-electron chi connectivity index (χ0n) is 14.6. The Morgan fingerprint density at radius 3 is 2.09 bits per heavy atom. The molecule has 0 radical (unpaired) electrons. The fraction of sp³-hybridized carbons (Fsp3) is 0.800. The Kier molecular flexibility index (Phi) is 7.82. The first-order chi connectivity index (χ1) is 10.4. The van der Waals surface area contributed by atoms with Crippen molar-refractivity contribution < 1.29 is 0 Å². The second-order valence-corrected chi connectivity index (χ2v) is 6.09. The number of anilines is 2. The first-order valence-electron chi connectivity index (χ1n) is 8.05. The molecule has 0 spiro atoms. The molecule has 0 amide bonds. The van der Waals surface area contributed by atoms with Crippen LogP contribution >= 0.6 is 11.6 Å². The number of halogens is 1. The van der Waals surface area contributed by atoms with Gasteiger partial charge in [0.05, 0.1) is 0 Å². The molecule has 0 atom stereocenters. The summed E-state index contributed by atoms with van der Waals surface area (Å²) in [7, 11) is 0. The van der Waals surface area contributed by atoms with Gasteiger partial charge in [-0.05, 0) is 53.1 Å². The highest BCUT2D eigenvalue weighted by Gasteiger charge is 2.14. The van der Waals surface area contributed by atoms with E-state index in [0.29, 0.717) is 24.0 Å². The minimum absolute atomic E-state index is 0.226. The van der Waals surface area contributed by atoms with Crippen molar-refractivity contribution >= 4 is 23.5 Å². The molecule has 7 heteroatoms. The normalized spacial score (nSPS) is 11.5. The summed E-state index contributed by atoms with van der Waals surface area (Å²) in [5, 5.41) is 3.48. The molecule has 1 aromatic rings. The SMILES string of the molecule is CCN(CC)c1nc(Cl)nc(NCCN(C(C)C)C(C)C)n1. The summed E-state index contributed by atoms with van der Waals surface area (Å²) in [6.45, 7) is 16.3. The van der Waals surface area contributed by atoms with Gasteiger partial charge in [-0.1, -0.05) is 0 Å². The van der Waals surface area contributed by atoms with E-state index in [-0.39, 0.29) is 5.28 Å². The van der Waals surface area contributed by atoms with Crippen LogP contribution in [0.4, 0.5) is 11.9 Å². The van der Waals surface area contributed by atoms with Crippen LogP contribution in [0.25, 0.3) is 0 Å². The smallest absolute Gasteiger partial charge is 0.231 e. The number of hydrogen-bond donors (Lipinski definition) is 1. The third kappa shape index (κ3) is 5.57. The summed E-state index contributed by atoms with van der Waals surface area (Å²) in [6.07, 6.45) is 0. The predicted molar refractivity (Wildman–Crippen MR) is 93.9 cm³/mol. The highest BCUT2D eigenvalue weighted by Crippen LogP contribution is 2.13. The topological polar surface area (TPSA) is 57.2 Å². The standard InChI is InChI=1S/C15H29ClN6/c1-7-21(8-2)15-19-13(16)18-14(20-15)17-9-10-22(11(3)4)12(5)6/h11-12H,7-10H2,1-6H3,(H,17,18,19,20). The van der Waals surface area contributed by atoms with Crippen molar-refractivity contribution in [3.8, 4) is 0 Å². The molecule has 1 rings (SSSR count). The summed E-state index contributed by atoms with van der Waals surface area (Å²) >= 11 is 6.01. The van der Waals surface area contributed by atoms with Gasteiger partial charge in [0.2, 0.25) is 17.2 Å². The third-order valence-electron chi connectivity index (χ3n) is 3.62. The number of hydrogen-bond acceptors (Lipinski definition) is 6. The Morgan fingerprint density at radius 2 is 1.59 bits per heavy atom. The van der Waals surface area contributed by atoms with E-state index >= 15 is 0 Å². The molecule has 1 aromatic heterocycles. The molecule has 0 aliphatic heterocycles. The van der Waals surface area contributed by atoms with Gasteiger partial charge in [0, 0.05) is 38.3 Å². The van der Waals surface area contributed by atoms with Gasteiger partial charge in [0.25, 0.3) is 0 Å².